The topological polar surface area (TPSA) is 97.2 Å². The fourth-order valence-electron chi connectivity index (χ4n) is 5.75. The SMILES string of the molecule is N#CC1=C(N)N(c2sc3c(c2C#N)C2CCN3CC2)C2=C(C(=O)CCC2)[C@H]1c1cc(Br)cs1. The van der Waals surface area contributed by atoms with Crippen molar-refractivity contribution in [2.45, 2.75) is 43.9 Å². The molecule has 2 aromatic rings. The second-order valence-electron chi connectivity index (χ2n) is 8.86. The molecule has 2 bridgehead atoms. The molecule has 0 aromatic carbocycles. The highest BCUT2D eigenvalue weighted by atomic mass is 79.9. The molecule has 0 radical (unpaired) electrons. The molecule has 0 unspecified atom stereocenters. The number of carbonyl (C=O) groups excluding carboxylic acids is 1. The molecule has 2 N–H and O–H groups in total. The lowest BCUT2D eigenvalue weighted by atomic mass is 9.78. The van der Waals surface area contributed by atoms with E-state index in [1.807, 2.05) is 16.3 Å². The number of allylic oxidation sites excluding steroid dienone is 3. The molecule has 5 aliphatic rings. The molecule has 1 atom stereocenters. The van der Waals surface area contributed by atoms with E-state index in [9.17, 15) is 15.3 Å². The number of rotatable bonds is 2. The molecular formula is C24H20BrN5OS2. The monoisotopic (exact) mass is 537 g/mol. The Hall–Kier alpha value is -2.59. The summed E-state index contributed by atoms with van der Waals surface area (Å²) in [5, 5.41) is 24.3. The fraction of sp³-hybridized carbons (Fsp3) is 0.375. The summed E-state index contributed by atoms with van der Waals surface area (Å²) < 4.78 is 0.924. The van der Waals surface area contributed by atoms with Gasteiger partial charge in [-0.2, -0.15) is 10.5 Å². The van der Waals surface area contributed by atoms with Crippen LogP contribution in [0.15, 0.2) is 38.6 Å². The largest absolute Gasteiger partial charge is 0.384 e. The van der Waals surface area contributed by atoms with Crippen LogP contribution < -0.4 is 15.5 Å². The van der Waals surface area contributed by atoms with Crippen molar-refractivity contribution < 1.29 is 4.79 Å². The summed E-state index contributed by atoms with van der Waals surface area (Å²) in [6.45, 7) is 2.03. The van der Waals surface area contributed by atoms with Crippen molar-refractivity contribution in [2.24, 2.45) is 5.73 Å². The minimum Gasteiger partial charge on any atom is -0.384 e. The predicted molar refractivity (Wildman–Crippen MR) is 133 cm³/mol. The Morgan fingerprint density at radius 2 is 1.94 bits per heavy atom. The van der Waals surface area contributed by atoms with Gasteiger partial charge in [0, 0.05) is 51.1 Å². The number of nitrogens with zero attached hydrogens (tertiary/aromatic N) is 4. The number of carbonyl (C=O) groups is 1. The number of anilines is 2. The van der Waals surface area contributed by atoms with E-state index in [0.717, 1.165) is 63.0 Å². The van der Waals surface area contributed by atoms with Crippen LogP contribution in [0.1, 0.15) is 59.9 Å². The molecule has 1 fully saturated rings. The van der Waals surface area contributed by atoms with Gasteiger partial charge in [-0.3, -0.25) is 9.69 Å². The number of nitriles is 2. The summed E-state index contributed by atoms with van der Waals surface area (Å²) in [5.41, 5.74) is 10.4. The minimum absolute atomic E-state index is 0.0691. The van der Waals surface area contributed by atoms with E-state index >= 15 is 0 Å². The second-order valence-corrected chi connectivity index (χ2v) is 11.7. The number of piperidine rings is 1. The van der Waals surface area contributed by atoms with Gasteiger partial charge < -0.3 is 10.6 Å². The number of ketones is 1. The number of nitrogens with two attached hydrogens (primary N) is 1. The summed E-state index contributed by atoms with van der Waals surface area (Å²) in [5.74, 6) is 0.357. The molecule has 6 heterocycles. The molecule has 1 saturated heterocycles. The predicted octanol–water partition coefficient (Wildman–Crippen LogP) is 5.45. The van der Waals surface area contributed by atoms with Gasteiger partial charge in [0.1, 0.15) is 16.9 Å². The average molecular weight is 538 g/mol. The highest BCUT2D eigenvalue weighted by molar-refractivity contribution is 9.10. The van der Waals surface area contributed by atoms with Crippen LogP contribution in [0.25, 0.3) is 0 Å². The number of hydrogen-bond donors (Lipinski definition) is 1. The highest BCUT2D eigenvalue weighted by Crippen LogP contribution is 2.56. The first kappa shape index (κ1) is 21.0. The van der Waals surface area contributed by atoms with Crippen LogP contribution in [-0.4, -0.2) is 18.9 Å². The lowest BCUT2D eigenvalue weighted by Crippen LogP contribution is -2.38. The van der Waals surface area contributed by atoms with E-state index in [4.69, 9.17) is 5.73 Å². The zero-order valence-electron chi connectivity index (χ0n) is 17.7. The maximum atomic E-state index is 13.3. The van der Waals surface area contributed by atoms with Crippen LogP contribution >= 0.6 is 38.6 Å². The Morgan fingerprint density at radius 3 is 2.61 bits per heavy atom. The van der Waals surface area contributed by atoms with Gasteiger partial charge in [0.2, 0.25) is 0 Å². The first-order chi connectivity index (χ1) is 16.0. The molecule has 9 heteroatoms. The van der Waals surface area contributed by atoms with Gasteiger partial charge >= 0.3 is 0 Å². The van der Waals surface area contributed by atoms with E-state index < -0.39 is 5.92 Å². The molecular weight excluding hydrogens is 518 g/mol. The fourth-order valence-corrected chi connectivity index (χ4v) is 8.75. The van der Waals surface area contributed by atoms with Gasteiger partial charge in [0.25, 0.3) is 0 Å². The number of fused-ring (bicyclic) bond motifs is 2. The van der Waals surface area contributed by atoms with E-state index in [-0.39, 0.29) is 5.78 Å². The first-order valence-corrected chi connectivity index (χ1v) is 13.5. The number of Topliss-reactive ketones (excluding diaryl/α,β-unsaturated/α-hetero) is 1. The summed E-state index contributed by atoms with van der Waals surface area (Å²) in [6, 6.07) is 6.75. The van der Waals surface area contributed by atoms with Crippen molar-refractivity contribution in [1.29, 1.82) is 10.5 Å². The van der Waals surface area contributed by atoms with Gasteiger partial charge in [-0.25, -0.2) is 0 Å². The third-order valence-corrected chi connectivity index (χ3v) is 10.2. The lowest BCUT2D eigenvalue weighted by molar-refractivity contribution is -0.116. The summed E-state index contributed by atoms with van der Waals surface area (Å²) in [6.07, 6.45) is 4.04. The van der Waals surface area contributed by atoms with Crippen LogP contribution in [0.5, 0.6) is 0 Å². The molecule has 4 aliphatic heterocycles. The Morgan fingerprint density at radius 1 is 1.15 bits per heavy atom. The standard InChI is InChI=1S/C24H20BrN5OS2/c25-13-8-18(32-11-13)20-14(9-26)22(28)30(16-2-1-3-17(31)21(16)20)23-15(10-27)19-12-4-6-29(7-5-12)24(19)33-23/h8,11-12,20H,1-7,28H2/t20-/m1/s1. The van der Waals surface area contributed by atoms with E-state index in [1.54, 1.807) is 11.3 Å². The summed E-state index contributed by atoms with van der Waals surface area (Å²) in [7, 11) is 0. The van der Waals surface area contributed by atoms with Crippen molar-refractivity contribution in [1.82, 2.24) is 0 Å². The third kappa shape index (κ3) is 2.96. The Kier molecular flexibility index (Phi) is 4.91. The van der Waals surface area contributed by atoms with E-state index in [0.29, 0.717) is 41.3 Å². The smallest absolute Gasteiger partial charge is 0.161 e. The van der Waals surface area contributed by atoms with Crippen LogP contribution in [0, 0.1) is 22.7 Å². The van der Waals surface area contributed by atoms with Crippen LogP contribution in [0.2, 0.25) is 0 Å². The van der Waals surface area contributed by atoms with Gasteiger partial charge in [0.15, 0.2) is 5.78 Å². The third-order valence-electron chi connectivity index (χ3n) is 7.20. The van der Waals surface area contributed by atoms with Crippen molar-refractivity contribution in [2.75, 3.05) is 22.9 Å². The number of thiophene rings is 2. The zero-order chi connectivity index (χ0) is 22.9. The first-order valence-electron chi connectivity index (χ1n) is 11.0. The molecule has 166 valence electrons. The van der Waals surface area contributed by atoms with Gasteiger partial charge in [-0.05, 0) is 53.6 Å². The molecule has 33 heavy (non-hydrogen) atoms. The maximum absolute atomic E-state index is 13.3. The van der Waals surface area contributed by atoms with Gasteiger partial charge in [0.05, 0.1) is 28.1 Å². The molecule has 0 spiro atoms. The minimum atomic E-state index is -0.453. The normalized spacial score (nSPS) is 22.4. The van der Waals surface area contributed by atoms with Crippen LogP contribution in [0.4, 0.5) is 10.0 Å². The molecule has 2 aromatic heterocycles. The van der Waals surface area contributed by atoms with Crippen LogP contribution in [-0.2, 0) is 4.79 Å². The van der Waals surface area contributed by atoms with Crippen molar-refractivity contribution >= 4 is 54.4 Å². The average Bonchev–Trinajstić information content (AvgIpc) is 3.43. The summed E-state index contributed by atoms with van der Waals surface area (Å²) in [4.78, 5) is 18.5. The van der Waals surface area contributed by atoms with Crippen molar-refractivity contribution in [3.05, 3.63) is 54.6 Å². The maximum Gasteiger partial charge on any atom is 0.161 e. The molecule has 7 rings (SSSR count). The zero-order valence-corrected chi connectivity index (χ0v) is 20.9. The van der Waals surface area contributed by atoms with Crippen LogP contribution in [0.3, 0.4) is 0 Å². The highest BCUT2D eigenvalue weighted by Gasteiger charge is 2.44. The Labute approximate surface area is 208 Å². The Balaban J connectivity index is 1.60. The van der Waals surface area contributed by atoms with Crippen molar-refractivity contribution in [3.8, 4) is 12.1 Å². The lowest BCUT2D eigenvalue weighted by Gasteiger charge is -2.39. The van der Waals surface area contributed by atoms with Gasteiger partial charge in [-0.15, -0.1) is 11.3 Å². The Bertz CT molecular complexity index is 1350. The van der Waals surface area contributed by atoms with Gasteiger partial charge in [-0.1, -0.05) is 11.3 Å². The molecule has 0 saturated carbocycles. The van der Waals surface area contributed by atoms with Crippen molar-refractivity contribution in [3.63, 3.8) is 0 Å². The molecule has 6 nitrogen and oxygen atoms in total. The molecule has 0 amide bonds. The second kappa shape index (κ2) is 7.73. The number of hydrogen-bond acceptors (Lipinski definition) is 8. The van der Waals surface area contributed by atoms with E-state index in [1.165, 1.54) is 11.3 Å². The number of halogens is 1. The summed E-state index contributed by atoms with van der Waals surface area (Å²) >= 11 is 6.61. The quantitative estimate of drug-likeness (QED) is 0.547. The molecule has 1 aliphatic carbocycles. The van der Waals surface area contributed by atoms with E-state index in [2.05, 4.69) is 33.0 Å².